The highest BCUT2D eigenvalue weighted by molar-refractivity contribution is 5.96. The lowest BCUT2D eigenvalue weighted by atomic mass is 10.1. The van der Waals surface area contributed by atoms with Crippen molar-refractivity contribution in [2.45, 2.75) is 13.0 Å². The van der Waals surface area contributed by atoms with Crippen LogP contribution in [-0.2, 0) is 9.53 Å². The Labute approximate surface area is 187 Å². The van der Waals surface area contributed by atoms with E-state index in [-0.39, 0.29) is 24.8 Å². The second kappa shape index (κ2) is 9.02. The first-order valence-electron chi connectivity index (χ1n) is 9.99. The number of halogens is 1. The Balaban J connectivity index is 1.56. The van der Waals surface area contributed by atoms with E-state index in [1.165, 1.54) is 24.9 Å². The van der Waals surface area contributed by atoms with Gasteiger partial charge in [0.25, 0.3) is 0 Å². The van der Waals surface area contributed by atoms with E-state index < -0.39 is 18.0 Å². The lowest BCUT2D eigenvalue weighted by Gasteiger charge is -2.14. The lowest BCUT2D eigenvalue weighted by Crippen LogP contribution is -2.33. The van der Waals surface area contributed by atoms with Gasteiger partial charge in [-0.25, -0.2) is 14.2 Å². The van der Waals surface area contributed by atoms with Crippen LogP contribution in [0.3, 0.4) is 0 Å². The average Bonchev–Trinajstić information content (AvgIpc) is 3.38. The number of cyclic esters (lactones) is 1. The van der Waals surface area contributed by atoms with E-state index in [4.69, 9.17) is 10.5 Å². The molecule has 2 aromatic heterocycles. The summed E-state index contributed by atoms with van der Waals surface area (Å²) in [5.41, 5.74) is 8.18. The Kier molecular flexibility index (Phi) is 5.98. The molecule has 3 heterocycles. The number of anilines is 1. The number of hydrogen-bond acceptors (Lipinski definition) is 6. The van der Waals surface area contributed by atoms with Crippen molar-refractivity contribution in [3.05, 3.63) is 54.2 Å². The number of nitrogens with two attached hydrogens (primary N) is 1. The van der Waals surface area contributed by atoms with Crippen LogP contribution in [0.4, 0.5) is 14.9 Å². The number of pyridine rings is 1. The number of aromatic nitrogens is 2. The van der Waals surface area contributed by atoms with Gasteiger partial charge in [0.1, 0.15) is 23.3 Å². The third kappa shape index (κ3) is 4.63. The molecule has 33 heavy (non-hydrogen) atoms. The average molecular weight is 452 g/mol. The monoisotopic (exact) mass is 452 g/mol. The molecule has 2 amide bonds. The van der Waals surface area contributed by atoms with E-state index in [0.29, 0.717) is 28.2 Å². The van der Waals surface area contributed by atoms with E-state index in [1.54, 1.807) is 41.1 Å². The maximum Gasteiger partial charge on any atom is 0.414 e. The van der Waals surface area contributed by atoms with Crippen molar-refractivity contribution in [2.24, 2.45) is 21.2 Å². The number of nitrogens with one attached hydrogen (secondary N) is 1. The van der Waals surface area contributed by atoms with Gasteiger partial charge in [0, 0.05) is 30.4 Å². The molecule has 11 nitrogen and oxygen atoms in total. The molecule has 4 rings (SSSR count). The number of fused-ring (bicyclic) bond motifs is 1. The number of imidazole rings is 1. The number of ether oxygens (including phenoxy) is 1. The number of rotatable bonds is 6. The van der Waals surface area contributed by atoms with Crippen LogP contribution in [0.1, 0.15) is 12.6 Å². The highest BCUT2D eigenvalue weighted by atomic mass is 19.1. The van der Waals surface area contributed by atoms with Crippen LogP contribution in [0, 0.1) is 5.82 Å². The van der Waals surface area contributed by atoms with Gasteiger partial charge in [0.05, 0.1) is 25.8 Å². The Morgan fingerprint density at radius 3 is 2.88 bits per heavy atom. The van der Waals surface area contributed by atoms with Gasteiger partial charge >= 0.3 is 6.09 Å². The van der Waals surface area contributed by atoms with Gasteiger partial charge in [-0.2, -0.15) is 5.11 Å². The second-order valence-corrected chi connectivity index (χ2v) is 7.30. The fourth-order valence-corrected chi connectivity index (χ4v) is 3.42. The molecule has 1 aromatic carbocycles. The summed E-state index contributed by atoms with van der Waals surface area (Å²) in [4.78, 5) is 29.0. The van der Waals surface area contributed by atoms with Crippen LogP contribution in [0.25, 0.3) is 16.8 Å². The van der Waals surface area contributed by atoms with Crippen molar-refractivity contribution in [2.75, 3.05) is 25.0 Å². The lowest BCUT2D eigenvalue weighted by molar-refractivity contribution is -0.119. The van der Waals surface area contributed by atoms with Gasteiger partial charge in [0.2, 0.25) is 5.91 Å². The van der Waals surface area contributed by atoms with Crippen molar-refractivity contribution in [1.29, 1.82) is 0 Å². The fraction of sp³-hybridized carbons (Fsp3) is 0.238. The van der Waals surface area contributed by atoms with E-state index >= 15 is 4.39 Å². The molecule has 1 saturated heterocycles. The first kappa shape index (κ1) is 21.9. The van der Waals surface area contributed by atoms with Crippen molar-refractivity contribution in [3.63, 3.8) is 0 Å². The molecule has 1 aliphatic rings. The largest absolute Gasteiger partial charge is 0.442 e. The maximum atomic E-state index is 15.0. The van der Waals surface area contributed by atoms with Crippen LogP contribution in [0.5, 0.6) is 0 Å². The second-order valence-electron chi connectivity index (χ2n) is 7.30. The molecule has 170 valence electrons. The Morgan fingerprint density at radius 2 is 2.15 bits per heavy atom. The van der Waals surface area contributed by atoms with Gasteiger partial charge in [-0.05, 0) is 35.6 Å². The van der Waals surface area contributed by atoms with E-state index in [2.05, 4.69) is 25.7 Å². The van der Waals surface area contributed by atoms with Crippen LogP contribution >= 0.6 is 0 Å². The third-order valence-electron chi connectivity index (χ3n) is 4.98. The summed E-state index contributed by atoms with van der Waals surface area (Å²) < 4.78 is 22.0. The summed E-state index contributed by atoms with van der Waals surface area (Å²) in [6.07, 6.45) is 2.28. The Morgan fingerprint density at radius 1 is 1.33 bits per heavy atom. The molecule has 0 aliphatic carbocycles. The molecular weight excluding hydrogens is 431 g/mol. The third-order valence-corrected chi connectivity index (χ3v) is 4.98. The van der Waals surface area contributed by atoms with Crippen molar-refractivity contribution in [3.8, 4) is 11.1 Å². The number of carbonyl (C=O) groups excluding carboxylic acids is 2. The van der Waals surface area contributed by atoms with Gasteiger partial charge in [-0.15, -0.1) is 5.10 Å². The topological polar surface area (TPSA) is 139 Å². The van der Waals surface area contributed by atoms with Gasteiger partial charge in [-0.3, -0.25) is 9.69 Å². The zero-order valence-corrected chi connectivity index (χ0v) is 17.9. The SMILES string of the molecule is CN=N/N=C(\N)c1cn2cc(-c3ccc(N4C[C@H](CNC(C)=O)OC4=O)cc3F)ccc2n1. The summed E-state index contributed by atoms with van der Waals surface area (Å²) in [5, 5.41) is 13.4. The van der Waals surface area contributed by atoms with E-state index in [9.17, 15) is 9.59 Å². The molecule has 12 heteroatoms. The van der Waals surface area contributed by atoms with Crippen LogP contribution in [0.2, 0.25) is 0 Å². The summed E-state index contributed by atoms with van der Waals surface area (Å²) >= 11 is 0. The summed E-state index contributed by atoms with van der Waals surface area (Å²) in [5.74, 6) is -0.617. The van der Waals surface area contributed by atoms with Gasteiger partial charge in [-0.1, -0.05) is 0 Å². The quantitative estimate of drug-likeness (QED) is 0.256. The number of nitrogens with zero attached hydrogens (tertiary/aromatic N) is 6. The Bertz CT molecular complexity index is 1290. The first-order chi connectivity index (χ1) is 15.9. The standard InChI is InChI=1S/C21H21FN8O3/c1-12(31)25-8-15-10-30(21(32)33-15)14-4-5-16(17(22)7-14)13-3-6-19-26-18(11-29(19)9-13)20(23)27-28-24-2/h3-7,9,11,15H,8,10H2,1-2H3,(H,25,31)(H2,23,24,27)/t15-/m0/s1. The van der Waals surface area contributed by atoms with Gasteiger partial charge < -0.3 is 20.2 Å². The summed E-state index contributed by atoms with van der Waals surface area (Å²) in [7, 11) is 1.48. The summed E-state index contributed by atoms with van der Waals surface area (Å²) in [6, 6.07) is 7.98. The number of hydrogen-bond donors (Lipinski definition) is 2. The molecule has 0 radical (unpaired) electrons. The number of amidine groups is 1. The maximum absolute atomic E-state index is 15.0. The molecule has 0 saturated carbocycles. The molecule has 1 atom stereocenters. The van der Waals surface area contributed by atoms with Gasteiger partial charge in [0.15, 0.2) is 5.84 Å². The highest BCUT2D eigenvalue weighted by Gasteiger charge is 2.32. The minimum atomic E-state index is -0.591. The summed E-state index contributed by atoms with van der Waals surface area (Å²) in [6.45, 7) is 1.79. The highest BCUT2D eigenvalue weighted by Crippen LogP contribution is 2.29. The van der Waals surface area contributed by atoms with E-state index in [0.717, 1.165) is 0 Å². The zero-order valence-electron chi connectivity index (χ0n) is 17.9. The normalized spacial score (nSPS) is 16.6. The zero-order chi connectivity index (χ0) is 23.5. The number of amides is 2. The molecular formula is C21H21FN8O3. The minimum Gasteiger partial charge on any atom is -0.442 e. The predicted molar refractivity (Wildman–Crippen MR) is 118 cm³/mol. The van der Waals surface area contributed by atoms with Crippen LogP contribution in [0.15, 0.2) is 58.2 Å². The first-order valence-corrected chi connectivity index (χ1v) is 9.99. The fourth-order valence-electron chi connectivity index (χ4n) is 3.42. The molecule has 0 spiro atoms. The van der Waals surface area contributed by atoms with E-state index in [1.807, 2.05) is 0 Å². The van der Waals surface area contributed by atoms with Crippen LogP contribution in [-0.4, -0.2) is 53.5 Å². The van der Waals surface area contributed by atoms with Crippen LogP contribution < -0.4 is 16.0 Å². The van der Waals surface area contributed by atoms with Crippen molar-refractivity contribution >= 4 is 29.2 Å². The minimum absolute atomic E-state index is 0.107. The molecule has 3 N–H and O–H groups in total. The van der Waals surface area contributed by atoms with Crippen molar-refractivity contribution in [1.82, 2.24) is 14.7 Å². The number of carbonyl (C=O) groups is 2. The molecule has 0 unspecified atom stereocenters. The van der Waals surface area contributed by atoms with Crippen molar-refractivity contribution < 1.29 is 18.7 Å². The Hall–Kier alpha value is -4.35. The number of benzene rings is 1. The molecule has 1 fully saturated rings. The molecule has 3 aromatic rings. The smallest absolute Gasteiger partial charge is 0.414 e. The molecule has 1 aliphatic heterocycles. The molecule has 0 bridgehead atoms. The predicted octanol–water partition coefficient (Wildman–Crippen LogP) is 2.30.